The van der Waals surface area contributed by atoms with Gasteiger partial charge in [0.05, 0.1) is 34.6 Å². The molecule has 2 atom stereocenters. The van der Waals surface area contributed by atoms with Gasteiger partial charge >= 0.3 is 0 Å². The lowest BCUT2D eigenvalue weighted by Crippen LogP contribution is -2.27. The van der Waals surface area contributed by atoms with E-state index in [1.54, 1.807) is 0 Å². The van der Waals surface area contributed by atoms with E-state index in [2.05, 4.69) is 21.3 Å². The lowest BCUT2D eigenvalue weighted by atomic mass is 10.1. The second-order valence-electron chi connectivity index (χ2n) is 10.1. The van der Waals surface area contributed by atoms with Crippen molar-refractivity contribution >= 4 is 34.6 Å². The van der Waals surface area contributed by atoms with Crippen LogP contribution in [0, 0.1) is 0 Å². The van der Waals surface area contributed by atoms with Crippen LogP contribution in [0.5, 0.6) is 0 Å². The highest BCUT2D eigenvalue weighted by atomic mass is 16.2. The zero-order valence-corrected chi connectivity index (χ0v) is 23.7. The molecule has 0 aliphatic rings. The Morgan fingerprint density at radius 1 is 0.452 bits per heavy atom. The number of para-hydroxylation sites is 2. The maximum Gasteiger partial charge on any atom is 0.253 e. The number of carbonyl (C=O) groups excluding carboxylic acids is 2. The highest BCUT2D eigenvalue weighted by Crippen LogP contribution is 2.26. The highest BCUT2D eigenvalue weighted by Gasteiger charge is 2.16. The van der Waals surface area contributed by atoms with Crippen molar-refractivity contribution in [3.05, 3.63) is 156 Å². The van der Waals surface area contributed by atoms with Crippen molar-refractivity contribution in [1.29, 1.82) is 0 Å². The van der Waals surface area contributed by atoms with E-state index in [0.717, 1.165) is 22.5 Å². The number of nitrogens with one attached hydrogen (secondary N) is 4. The van der Waals surface area contributed by atoms with Crippen LogP contribution in [0.2, 0.25) is 0 Å². The Hall–Kier alpha value is -5.36. The Balaban J connectivity index is 1.25. The summed E-state index contributed by atoms with van der Waals surface area (Å²) in [5.41, 5.74) is 6.31. The molecule has 0 spiro atoms. The van der Waals surface area contributed by atoms with Crippen molar-refractivity contribution in [2.75, 3.05) is 10.6 Å². The Morgan fingerprint density at radius 2 is 0.786 bits per heavy atom. The fourth-order valence-corrected chi connectivity index (χ4v) is 4.73. The normalized spacial score (nSPS) is 12.0. The molecule has 5 rings (SSSR count). The van der Waals surface area contributed by atoms with Gasteiger partial charge in [-0.25, -0.2) is 0 Å². The monoisotopic (exact) mass is 554 g/mol. The summed E-state index contributed by atoms with van der Waals surface area (Å²) >= 11 is 0. The van der Waals surface area contributed by atoms with E-state index in [1.165, 1.54) is 0 Å². The molecule has 5 aromatic carbocycles. The largest absolute Gasteiger partial charge is 0.355 e. The second-order valence-corrected chi connectivity index (χ2v) is 10.1. The summed E-state index contributed by atoms with van der Waals surface area (Å²) in [5, 5.41) is 12.9. The van der Waals surface area contributed by atoms with Gasteiger partial charge in [0.2, 0.25) is 0 Å². The topological polar surface area (TPSA) is 82.3 Å². The molecule has 0 fully saturated rings. The second kappa shape index (κ2) is 13.3. The molecule has 0 aliphatic carbocycles. The molecular formula is C36H34N4O2. The van der Waals surface area contributed by atoms with Crippen molar-refractivity contribution in [1.82, 2.24) is 10.6 Å². The molecule has 0 heterocycles. The van der Waals surface area contributed by atoms with Crippen LogP contribution in [0.1, 0.15) is 57.8 Å². The maximum atomic E-state index is 13.1. The van der Waals surface area contributed by atoms with Crippen LogP contribution >= 0.6 is 0 Å². The predicted octanol–water partition coefficient (Wildman–Crippen LogP) is 8.16. The fourth-order valence-electron chi connectivity index (χ4n) is 4.73. The number of benzene rings is 5. The van der Waals surface area contributed by atoms with Crippen LogP contribution in [0.15, 0.2) is 133 Å². The van der Waals surface area contributed by atoms with Crippen molar-refractivity contribution in [3.8, 4) is 0 Å². The first-order chi connectivity index (χ1) is 20.5. The van der Waals surface area contributed by atoms with Crippen LogP contribution < -0.4 is 21.3 Å². The van der Waals surface area contributed by atoms with Gasteiger partial charge in [0.25, 0.3) is 11.8 Å². The molecule has 6 nitrogen and oxygen atoms in total. The van der Waals surface area contributed by atoms with Gasteiger partial charge in [0.1, 0.15) is 0 Å². The number of hydrogen-bond acceptors (Lipinski definition) is 4. The summed E-state index contributed by atoms with van der Waals surface area (Å²) in [6.07, 6.45) is 0. The number of carbonyl (C=O) groups is 2. The molecule has 6 heteroatoms. The van der Waals surface area contributed by atoms with Gasteiger partial charge < -0.3 is 21.3 Å². The van der Waals surface area contributed by atoms with E-state index in [-0.39, 0.29) is 23.9 Å². The third-order valence-electron chi connectivity index (χ3n) is 7.08. The number of anilines is 4. The van der Waals surface area contributed by atoms with Crippen molar-refractivity contribution < 1.29 is 9.59 Å². The first-order valence-corrected chi connectivity index (χ1v) is 14.0. The molecule has 2 amide bonds. The van der Waals surface area contributed by atoms with Gasteiger partial charge in [-0.05, 0) is 73.5 Å². The minimum atomic E-state index is -0.149. The average molecular weight is 555 g/mol. The lowest BCUT2D eigenvalue weighted by Gasteiger charge is -2.18. The minimum absolute atomic E-state index is 0.122. The van der Waals surface area contributed by atoms with Crippen LogP contribution in [0.3, 0.4) is 0 Å². The SMILES string of the molecule is C[C@H](NC(=O)c1ccccc1Nc1ccc(Nc2ccccc2C(=O)N[C@@H](C)c2ccccc2)cc1)c1ccccc1. The molecule has 210 valence electrons. The lowest BCUT2D eigenvalue weighted by molar-refractivity contribution is 0.0932. The van der Waals surface area contributed by atoms with Gasteiger partial charge in [0.15, 0.2) is 0 Å². The van der Waals surface area contributed by atoms with E-state index < -0.39 is 0 Å². The summed E-state index contributed by atoms with van der Waals surface area (Å²) in [7, 11) is 0. The summed E-state index contributed by atoms with van der Waals surface area (Å²) in [6, 6.07) is 42.2. The Labute approximate surface area is 246 Å². The quantitative estimate of drug-likeness (QED) is 0.140. The third kappa shape index (κ3) is 7.04. The predicted molar refractivity (Wildman–Crippen MR) is 171 cm³/mol. The molecule has 0 radical (unpaired) electrons. The molecule has 0 unspecified atom stereocenters. The Kier molecular flexibility index (Phi) is 8.94. The van der Waals surface area contributed by atoms with Gasteiger partial charge in [-0.3, -0.25) is 9.59 Å². The number of rotatable bonds is 10. The van der Waals surface area contributed by atoms with E-state index in [4.69, 9.17) is 0 Å². The zero-order chi connectivity index (χ0) is 29.3. The summed E-state index contributed by atoms with van der Waals surface area (Å²) in [4.78, 5) is 26.3. The molecule has 0 aromatic heterocycles. The van der Waals surface area contributed by atoms with Crippen molar-refractivity contribution in [3.63, 3.8) is 0 Å². The molecule has 42 heavy (non-hydrogen) atoms. The summed E-state index contributed by atoms with van der Waals surface area (Å²) in [5.74, 6) is -0.298. The molecule has 0 saturated heterocycles. The van der Waals surface area contributed by atoms with Gasteiger partial charge in [-0.15, -0.1) is 0 Å². The van der Waals surface area contributed by atoms with Crippen molar-refractivity contribution in [2.45, 2.75) is 25.9 Å². The fraction of sp³-hybridized carbons (Fsp3) is 0.111. The number of amides is 2. The van der Waals surface area contributed by atoms with E-state index in [0.29, 0.717) is 22.5 Å². The molecular weight excluding hydrogens is 520 g/mol. The molecule has 0 aliphatic heterocycles. The zero-order valence-electron chi connectivity index (χ0n) is 23.7. The maximum absolute atomic E-state index is 13.1. The van der Waals surface area contributed by atoms with Gasteiger partial charge in [-0.1, -0.05) is 84.9 Å². The third-order valence-corrected chi connectivity index (χ3v) is 7.08. The Bertz CT molecular complexity index is 1510. The first kappa shape index (κ1) is 28.2. The summed E-state index contributed by atoms with van der Waals surface area (Å²) in [6.45, 7) is 3.95. The number of hydrogen-bond donors (Lipinski definition) is 4. The molecule has 0 saturated carbocycles. The highest BCUT2D eigenvalue weighted by molar-refractivity contribution is 6.01. The van der Waals surface area contributed by atoms with Crippen LogP contribution in [-0.2, 0) is 0 Å². The van der Waals surface area contributed by atoms with Crippen LogP contribution in [-0.4, -0.2) is 11.8 Å². The van der Waals surface area contributed by atoms with Gasteiger partial charge in [0, 0.05) is 11.4 Å². The molecule has 4 N–H and O–H groups in total. The summed E-state index contributed by atoms with van der Waals surface area (Å²) < 4.78 is 0. The Morgan fingerprint density at radius 3 is 1.17 bits per heavy atom. The van der Waals surface area contributed by atoms with E-state index in [1.807, 2.05) is 147 Å². The smallest absolute Gasteiger partial charge is 0.253 e. The molecule has 0 bridgehead atoms. The average Bonchev–Trinajstić information content (AvgIpc) is 3.03. The van der Waals surface area contributed by atoms with Crippen LogP contribution in [0.25, 0.3) is 0 Å². The minimum Gasteiger partial charge on any atom is -0.355 e. The van der Waals surface area contributed by atoms with Crippen LogP contribution in [0.4, 0.5) is 22.7 Å². The van der Waals surface area contributed by atoms with Gasteiger partial charge in [-0.2, -0.15) is 0 Å². The van der Waals surface area contributed by atoms with Crippen molar-refractivity contribution in [2.24, 2.45) is 0 Å². The molecule has 5 aromatic rings. The van der Waals surface area contributed by atoms with E-state index in [9.17, 15) is 9.59 Å². The van der Waals surface area contributed by atoms with E-state index >= 15 is 0 Å². The first-order valence-electron chi connectivity index (χ1n) is 14.0. The standard InChI is InChI=1S/C36H34N4O2/c1-25(27-13-5-3-6-14-27)37-35(41)31-17-9-11-19-33(31)39-29-21-23-30(24-22-29)40-34-20-12-10-18-32(34)36(42)38-26(2)28-15-7-4-8-16-28/h3-26,39-40H,1-2H3,(H,37,41)(H,38,42)/t25-,26-/m0/s1.